The molecular weight excluding hydrogens is 410 g/mol. The summed E-state index contributed by atoms with van der Waals surface area (Å²) in [5.74, 6) is 0. The van der Waals surface area contributed by atoms with Crippen LogP contribution in [0.3, 0.4) is 0 Å². The van der Waals surface area contributed by atoms with Gasteiger partial charge in [-0.15, -0.1) is 0 Å². The standard InChI is InChI=1S/C18H37NO6Si3/c1-8-20-12-13-21-14-15-22-26(2,3)24-28(6,7)25-27(4,5)23-17-18-10-9-11-19-16-18/h9-11,16H,8,12-15,17H2,1-7H3. The lowest BCUT2D eigenvalue weighted by molar-refractivity contribution is 0.0363. The number of aromatic nitrogens is 1. The van der Waals surface area contributed by atoms with E-state index in [2.05, 4.69) is 4.98 Å². The van der Waals surface area contributed by atoms with Crippen LogP contribution in [0.2, 0.25) is 39.3 Å². The zero-order valence-electron chi connectivity index (χ0n) is 18.4. The Morgan fingerprint density at radius 2 is 1.39 bits per heavy atom. The molecule has 0 bridgehead atoms. The summed E-state index contributed by atoms with van der Waals surface area (Å²) >= 11 is 0. The highest BCUT2D eigenvalue weighted by atomic mass is 28.5. The third-order valence-electron chi connectivity index (χ3n) is 3.55. The van der Waals surface area contributed by atoms with Gasteiger partial charge in [0.1, 0.15) is 0 Å². The van der Waals surface area contributed by atoms with Crippen molar-refractivity contribution in [1.29, 1.82) is 0 Å². The average molecular weight is 448 g/mol. The van der Waals surface area contributed by atoms with Crippen molar-refractivity contribution >= 4 is 25.7 Å². The van der Waals surface area contributed by atoms with Crippen LogP contribution in [0.15, 0.2) is 24.5 Å². The van der Waals surface area contributed by atoms with E-state index in [1.54, 1.807) is 6.20 Å². The number of ether oxygens (including phenoxy) is 2. The van der Waals surface area contributed by atoms with E-state index in [1.165, 1.54) is 0 Å². The molecule has 1 heterocycles. The van der Waals surface area contributed by atoms with Gasteiger partial charge >= 0.3 is 25.7 Å². The molecule has 0 saturated heterocycles. The Balaban J connectivity index is 2.38. The van der Waals surface area contributed by atoms with Crippen LogP contribution in [-0.2, 0) is 33.2 Å². The van der Waals surface area contributed by atoms with Crippen LogP contribution in [0.1, 0.15) is 12.5 Å². The molecule has 0 amide bonds. The van der Waals surface area contributed by atoms with Gasteiger partial charge in [0, 0.05) is 19.0 Å². The molecule has 162 valence electrons. The van der Waals surface area contributed by atoms with Crippen molar-refractivity contribution in [3.63, 3.8) is 0 Å². The van der Waals surface area contributed by atoms with Gasteiger partial charge in [-0.3, -0.25) is 4.98 Å². The third-order valence-corrected chi connectivity index (χ3v) is 13.2. The van der Waals surface area contributed by atoms with Crippen LogP contribution in [0.25, 0.3) is 0 Å². The van der Waals surface area contributed by atoms with E-state index in [-0.39, 0.29) is 0 Å². The zero-order valence-corrected chi connectivity index (χ0v) is 21.4. The second-order valence-corrected chi connectivity index (χ2v) is 18.3. The summed E-state index contributed by atoms with van der Waals surface area (Å²) in [6.45, 7) is 17.7. The van der Waals surface area contributed by atoms with Crippen LogP contribution < -0.4 is 0 Å². The number of hydrogen-bond acceptors (Lipinski definition) is 7. The van der Waals surface area contributed by atoms with E-state index < -0.39 is 25.7 Å². The van der Waals surface area contributed by atoms with Crippen LogP contribution >= 0.6 is 0 Å². The molecule has 0 atom stereocenters. The van der Waals surface area contributed by atoms with Crippen molar-refractivity contribution in [1.82, 2.24) is 4.98 Å². The molecule has 0 aromatic carbocycles. The van der Waals surface area contributed by atoms with Crippen LogP contribution in [0.5, 0.6) is 0 Å². The predicted molar refractivity (Wildman–Crippen MR) is 117 cm³/mol. The lowest BCUT2D eigenvalue weighted by atomic mass is 10.3. The van der Waals surface area contributed by atoms with Gasteiger partial charge in [-0.25, -0.2) is 0 Å². The second kappa shape index (κ2) is 12.3. The van der Waals surface area contributed by atoms with Crippen LogP contribution in [-0.4, -0.2) is 63.7 Å². The zero-order chi connectivity index (χ0) is 21.1. The van der Waals surface area contributed by atoms with Gasteiger partial charge < -0.3 is 26.6 Å². The number of rotatable bonds is 15. The van der Waals surface area contributed by atoms with Gasteiger partial charge in [0.25, 0.3) is 0 Å². The normalized spacial score (nSPS) is 13.1. The molecule has 0 aliphatic carbocycles. The molecule has 0 radical (unpaired) electrons. The van der Waals surface area contributed by atoms with Crippen molar-refractivity contribution in [3.05, 3.63) is 30.1 Å². The lowest BCUT2D eigenvalue weighted by Gasteiger charge is -2.37. The topological polar surface area (TPSA) is 68.3 Å². The number of hydrogen-bond donors (Lipinski definition) is 0. The molecule has 0 spiro atoms. The summed E-state index contributed by atoms with van der Waals surface area (Å²) in [6, 6.07) is 3.90. The van der Waals surface area contributed by atoms with Crippen molar-refractivity contribution in [3.8, 4) is 0 Å². The molecule has 0 unspecified atom stereocenters. The summed E-state index contributed by atoms with van der Waals surface area (Å²) in [5.41, 5.74) is 1.04. The van der Waals surface area contributed by atoms with E-state index in [9.17, 15) is 0 Å². The highest BCUT2D eigenvalue weighted by Crippen LogP contribution is 2.22. The van der Waals surface area contributed by atoms with Gasteiger partial charge in [-0.1, -0.05) is 6.07 Å². The average Bonchev–Trinajstić information content (AvgIpc) is 2.58. The molecule has 10 heteroatoms. The highest BCUT2D eigenvalue weighted by molar-refractivity contribution is 6.84. The van der Waals surface area contributed by atoms with Gasteiger partial charge in [0.15, 0.2) is 0 Å². The highest BCUT2D eigenvalue weighted by Gasteiger charge is 2.41. The fourth-order valence-electron chi connectivity index (χ4n) is 2.71. The molecule has 1 rings (SSSR count). The molecule has 1 aromatic heterocycles. The summed E-state index contributed by atoms with van der Waals surface area (Å²) < 4.78 is 35.5. The van der Waals surface area contributed by atoms with E-state index >= 15 is 0 Å². The maximum absolute atomic E-state index is 6.37. The van der Waals surface area contributed by atoms with E-state index in [0.717, 1.165) is 5.56 Å². The predicted octanol–water partition coefficient (Wildman–Crippen LogP) is 3.81. The Bertz CT molecular complexity index is 545. The summed E-state index contributed by atoms with van der Waals surface area (Å²) in [5, 5.41) is 0. The SMILES string of the molecule is CCOCCOCCO[Si](C)(C)O[Si](C)(C)O[Si](C)(C)OCc1cccnc1. The fraction of sp³-hybridized carbons (Fsp3) is 0.722. The first kappa shape index (κ1) is 25.6. The summed E-state index contributed by atoms with van der Waals surface area (Å²) in [6.07, 6.45) is 3.56. The molecule has 0 fully saturated rings. The van der Waals surface area contributed by atoms with Gasteiger partial charge in [-0.05, 0) is 57.8 Å². The number of nitrogens with zero attached hydrogens (tertiary/aromatic N) is 1. The maximum atomic E-state index is 6.37. The van der Waals surface area contributed by atoms with Crippen LogP contribution in [0.4, 0.5) is 0 Å². The second-order valence-electron chi connectivity index (χ2n) is 7.71. The van der Waals surface area contributed by atoms with Gasteiger partial charge in [-0.2, -0.15) is 0 Å². The smallest absolute Gasteiger partial charge is 0.323 e. The van der Waals surface area contributed by atoms with Crippen molar-refractivity contribution < 1.29 is 26.6 Å². The molecular formula is C18H37NO6Si3. The maximum Gasteiger partial charge on any atom is 0.323 e. The Kier molecular flexibility index (Phi) is 11.2. The van der Waals surface area contributed by atoms with Crippen LogP contribution in [0, 0.1) is 0 Å². The molecule has 0 aliphatic heterocycles. The molecule has 0 N–H and O–H groups in total. The molecule has 1 aromatic rings. The Labute approximate surface area is 173 Å². The largest absolute Gasteiger partial charge is 0.415 e. The Morgan fingerprint density at radius 1 is 0.786 bits per heavy atom. The van der Waals surface area contributed by atoms with E-state index in [0.29, 0.717) is 39.6 Å². The molecule has 28 heavy (non-hydrogen) atoms. The first-order chi connectivity index (χ1) is 13.1. The third kappa shape index (κ3) is 12.2. The first-order valence-corrected chi connectivity index (χ1v) is 18.2. The minimum absolute atomic E-state index is 0.494. The summed E-state index contributed by atoms with van der Waals surface area (Å²) in [4.78, 5) is 4.12. The summed E-state index contributed by atoms with van der Waals surface area (Å²) in [7, 11) is -7.06. The fourth-order valence-corrected chi connectivity index (χ4v) is 14.3. The quantitative estimate of drug-likeness (QED) is 0.299. The molecule has 0 aliphatic rings. The van der Waals surface area contributed by atoms with Gasteiger partial charge in [0.05, 0.1) is 33.0 Å². The van der Waals surface area contributed by atoms with E-state index in [4.69, 9.17) is 26.6 Å². The monoisotopic (exact) mass is 447 g/mol. The van der Waals surface area contributed by atoms with E-state index in [1.807, 2.05) is 64.5 Å². The first-order valence-electron chi connectivity index (χ1n) is 9.78. The van der Waals surface area contributed by atoms with Crippen molar-refractivity contribution in [2.75, 3.05) is 33.0 Å². The Hall–Kier alpha value is -0.439. The Morgan fingerprint density at radius 3 is 2.00 bits per heavy atom. The number of pyridine rings is 1. The van der Waals surface area contributed by atoms with Crippen molar-refractivity contribution in [2.24, 2.45) is 0 Å². The minimum Gasteiger partial charge on any atom is -0.415 e. The van der Waals surface area contributed by atoms with Crippen molar-refractivity contribution in [2.45, 2.75) is 52.8 Å². The molecule has 0 saturated carbocycles. The minimum atomic E-state index is -2.40. The lowest BCUT2D eigenvalue weighted by Crippen LogP contribution is -2.54. The molecule has 7 nitrogen and oxygen atoms in total. The van der Waals surface area contributed by atoms with Gasteiger partial charge in [0.2, 0.25) is 0 Å².